The summed E-state index contributed by atoms with van der Waals surface area (Å²) in [5.41, 5.74) is 0.790. The van der Waals surface area contributed by atoms with Gasteiger partial charge in [0.1, 0.15) is 10.8 Å². The van der Waals surface area contributed by atoms with Gasteiger partial charge in [-0.2, -0.15) is 0 Å². The molecule has 2 aromatic rings. The van der Waals surface area contributed by atoms with Crippen LogP contribution in [-0.2, 0) is 11.2 Å². The average Bonchev–Trinajstić information content (AvgIpc) is 3.09. The molecule has 1 aromatic heterocycles. The molecule has 1 saturated heterocycles. The number of benzene rings is 1. The van der Waals surface area contributed by atoms with Crippen LogP contribution in [0.1, 0.15) is 29.8 Å². The first-order valence-corrected chi connectivity index (χ1v) is 9.05. The SMILES string of the molecule is Cl.O=C(Nc1nnc(Cc2ccccc2F)s1)C1CC12CCNCC2. The molecule has 1 amide bonds. The quantitative estimate of drug-likeness (QED) is 0.853. The van der Waals surface area contributed by atoms with E-state index in [0.717, 1.165) is 32.4 Å². The van der Waals surface area contributed by atoms with Gasteiger partial charge in [0, 0.05) is 12.3 Å². The van der Waals surface area contributed by atoms with Gasteiger partial charge < -0.3 is 10.6 Å². The first-order chi connectivity index (χ1) is 11.7. The topological polar surface area (TPSA) is 66.9 Å². The van der Waals surface area contributed by atoms with Crippen molar-refractivity contribution in [3.05, 3.63) is 40.7 Å². The number of nitrogens with one attached hydrogen (secondary N) is 2. The second-order valence-electron chi connectivity index (χ2n) is 6.63. The lowest BCUT2D eigenvalue weighted by molar-refractivity contribution is -0.118. The fourth-order valence-electron chi connectivity index (χ4n) is 3.57. The second kappa shape index (κ2) is 7.35. The zero-order valence-electron chi connectivity index (χ0n) is 13.6. The van der Waals surface area contributed by atoms with E-state index in [-0.39, 0.29) is 35.5 Å². The zero-order chi connectivity index (χ0) is 16.6. The summed E-state index contributed by atoms with van der Waals surface area (Å²) in [6.07, 6.45) is 3.50. The lowest BCUT2D eigenvalue weighted by Crippen LogP contribution is -2.31. The number of hydrogen-bond acceptors (Lipinski definition) is 5. The molecule has 2 fully saturated rings. The monoisotopic (exact) mass is 382 g/mol. The number of amides is 1. The largest absolute Gasteiger partial charge is 0.317 e. The Bertz CT molecular complexity index is 763. The van der Waals surface area contributed by atoms with Crippen LogP contribution in [0.4, 0.5) is 9.52 Å². The number of aromatic nitrogens is 2. The molecule has 8 heteroatoms. The smallest absolute Gasteiger partial charge is 0.229 e. The molecular weight excluding hydrogens is 363 g/mol. The third kappa shape index (κ3) is 3.83. The third-order valence-electron chi connectivity index (χ3n) is 5.10. The molecule has 1 aliphatic carbocycles. The predicted molar refractivity (Wildman–Crippen MR) is 97.6 cm³/mol. The van der Waals surface area contributed by atoms with E-state index in [1.807, 2.05) is 0 Å². The van der Waals surface area contributed by atoms with Crippen LogP contribution in [0.2, 0.25) is 0 Å². The van der Waals surface area contributed by atoms with Crippen LogP contribution in [0.25, 0.3) is 0 Å². The maximum Gasteiger partial charge on any atom is 0.229 e. The summed E-state index contributed by atoms with van der Waals surface area (Å²) in [7, 11) is 0. The van der Waals surface area contributed by atoms with Crippen molar-refractivity contribution in [2.24, 2.45) is 11.3 Å². The highest BCUT2D eigenvalue weighted by atomic mass is 35.5. The molecule has 1 unspecified atom stereocenters. The van der Waals surface area contributed by atoms with E-state index in [9.17, 15) is 9.18 Å². The molecule has 1 spiro atoms. The Morgan fingerprint density at radius 2 is 2.08 bits per heavy atom. The molecule has 0 radical (unpaired) electrons. The lowest BCUT2D eigenvalue weighted by atomic mass is 9.92. The van der Waals surface area contributed by atoms with Crippen molar-refractivity contribution in [1.82, 2.24) is 15.5 Å². The molecule has 134 valence electrons. The molecule has 1 saturated carbocycles. The molecule has 1 aliphatic heterocycles. The lowest BCUT2D eigenvalue weighted by Gasteiger charge is -2.22. The number of anilines is 1. The van der Waals surface area contributed by atoms with Crippen LogP contribution in [-0.4, -0.2) is 29.2 Å². The standard InChI is InChI=1S/C17H19FN4OS.ClH/c18-13-4-2-1-3-11(13)9-14-21-22-16(24-14)20-15(23)12-10-17(12)5-7-19-8-6-17;/h1-4,12,19H,5-10H2,(H,20,22,23);1H. The van der Waals surface area contributed by atoms with Crippen molar-refractivity contribution in [2.45, 2.75) is 25.7 Å². The van der Waals surface area contributed by atoms with Crippen LogP contribution < -0.4 is 10.6 Å². The van der Waals surface area contributed by atoms with Gasteiger partial charge in [-0.1, -0.05) is 29.5 Å². The summed E-state index contributed by atoms with van der Waals surface area (Å²) in [6.45, 7) is 1.99. The number of carbonyl (C=O) groups excluding carboxylic acids is 1. The van der Waals surface area contributed by atoms with E-state index >= 15 is 0 Å². The molecule has 2 N–H and O–H groups in total. The first kappa shape index (κ1) is 18.2. The van der Waals surface area contributed by atoms with Crippen molar-refractivity contribution in [2.75, 3.05) is 18.4 Å². The normalized spacial score (nSPS) is 20.8. The highest BCUT2D eigenvalue weighted by Gasteiger charge is 2.57. The summed E-state index contributed by atoms with van der Waals surface area (Å²) >= 11 is 1.31. The van der Waals surface area contributed by atoms with E-state index in [0.29, 0.717) is 22.1 Å². The third-order valence-corrected chi connectivity index (χ3v) is 5.94. The molecule has 4 rings (SSSR count). The van der Waals surface area contributed by atoms with E-state index in [2.05, 4.69) is 20.8 Å². The van der Waals surface area contributed by atoms with Gasteiger partial charge in [0.15, 0.2) is 0 Å². The maximum absolute atomic E-state index is 13.7. The fourth-order valence-corrected chi connectivity index (χ4v) is 4.33. The van der Waals surface area contributed by atoms with Crippen LogP contribution in [0.15, 0.2) is 24.3 Å². The highest BCUT2D eigenvalue weighted by molar-refractivity contribution is 7.15. The molecule has 0 bridgehead atoms. The van der Waals surface area contributed by atoms with Gasteiger partial charge >= 0.3 is 0 Å². The summed E-state index contributed by atoms with van der Waals surface area (Å²) in [6, 6.07) is 6.63. The summed E-state index contributed by atoms with van der Waals surface area (Å²) < 4.78 is 13.7. The number of halogens is 2. The van der Waals surface area contributed by atoms with E-state index in [4.69, 9.17) is 0 Å². The zero-order valence-corrected chi connectivity index (χ0v) is 15.3. The van der Waals surface area contributed by atoms with Gasteiger partial charge in [0.25, 0.3) is 0 Å². The Hall–Kier alpha value is -1.57. The number of hydrogen-bond donors (Lipinski definition) is 2. The summed E-state index contributed by atoms with van der Waals surface area (Å²) in [5.74, 6) is -0.104. The van der Waals surface area contributed by atoms with E-state index < -0.39 is 0 Å². The predicted octanol–water partition coefficient (Wildman–Crippen LogP) is 3.02. The fraction of sp³-hybridized carbons (Fsp3) is 0.471. The maximum atomic E-state index is 13.7. The van der Waals surface area contributed by atoms with Gasteiger partial charge in [0.05, 0.1) is 0 Å². The first-order valence-electron chi connectivity index (χ1n) is 8.24. The van der Waals surface area contributed by atoms with Gasteiger partial charge in [0.2, 0.25) is 11.0 Å². The summed E-state index contributed by atoms with van der Waals surface area (Å²) in [5, 5.41) is 15.5. The molecule has 2 aliphatic rings. The number of carbonyl (C=O) groups is 1. The van der Waals surface area contributed by atoms with Crippen molar-refractivity contribution in [3.63, 3.8) is 0 Å². The Labute approximate surface area is 155 Å². The van der Waals surface area contributed by atoms with Gasteiger partial charge in [-0.05, 0) is 49.4 Å². The van der Waals surface area contributed by atoms with Crippen molar-refractivity contribution >= 4 is 34.8 Å². The molecular formula is C17H20ClFN4OS. The van der Waals surface area contributed by atoms with Crippen molar-refractivity contribution in [3.8, 4) is 0 Å². The van der Waals surface area contributed by atoms with Crippen LogP contribution >= 0.6 is 23.7 Å². The van der Waals surface area contributed by atoms with Crippen molar-refractivity contribution < 1.29 is 9.18 Å². The Morgan fingerprint density at radius 1 is 1.32 bits per heavy atom. The Balaban J connectivity index is 0.00000182. The average molecular weight is 383 g/mol. The molecule has 2 heterocycles. The van der Waals surface area contributed by atoms with Gasteiger partial charge in [-0.25, -0.2) is 4.39 Å². The molecule has 1 aromatic carbocycles. The number of nitrogens with zero attached hydrogens (tertiary/aromatic N) is 2. The van der Waals surface area contributed by atoms with E-state index in [1.165, 1.54) is 17.4 Å². The minimum Gasteiger partial charge on any atom is -0.317 e. The van der Waals surface area contributed by atoms with Crippen LogP contribution in [0.3, 0.4) is 0 Å². The van der Waals surface area contributed by atoms with Gasteiger partial charge in [-0.3, -0.25) is 4.79 Å². The number of rotatable bonds is 4. The van der Waals surface area contributed by atoms with Gasteiger partial charge in [-0.15, -0.1) is 22.6 Å². The van der Waals surface area contributed by atoms with Crippen LogP contribution in [0, 0.1) is 17.2 Å². The highest BCUT2D eigenvalue weighted by Crippen LogP contribution is 2.58. The van der Waals surface area contributed by atoms with Crippen molar-refractivity contribution in [1.29, 1.82) is 0 Å². The Kier molecular flexibility index (Phi) is 5.36. The second-order valence-corrected chi connectivity index (χ2v) is 7.69. The number of piperidine rings is 1. The molecule has 25 heavy (non-hydrogen) atoms. The van der Waals surface area contributed by atoms with E-state index in [1.54, 1.807) is 18.2 Å². The Morgan fingerprint density at radius 3 is 2.84 bits per heavy atom. The minimum absolute atomic E-state index is 0. The van der Waals surface area contributed by atoms with Crippen LogP contribution in [0.5, 0.6) is 0 Å². The summed E-state index contributed by atoms with van der Waals surface area (Å²) in [4.78, 5) is 12.4. The molecule has 5 nitrogen and oxygen atoms in total. The minimum atomic E-state index is -0.246. The molecule has 1 atom stereocenters.